The molecule has 4 heteroatoms. The van der Waals surface area contributed by atoms with Gasteiger partial charge >= 0.3 is 0 Å². The van der Waals surface area contributed by atoms with Crippen LogP contribution in [-0.2, 0) is 6.54 Å². The second-order valence-electron chi connectivity index (χ2n) is 5.01. The van der Waals surface area contributed by atoms with E-state index in [1.807, 2.05) is 37.4 Å². The molecule has 0 saturated heterocycles. The fraction of sp³-hybridized carbons (Fsp3) is 0.250. The first-order chi connectivity index (χ1) is 9.47. The minimum atomic E-state index is -0.236. The van der Waals surface area contributed by atoms with Crippen LogP contribution < -0.4 is 5.73 Å². The Hall–Kier alpha value is -1.39. The Morgan fingerprint density at radius 1 is 1.25 bits per heavy atom. The number of rotatable bonds is 4. The predicted molar refractivity (Wildman–Crippen MR) is 84.8 cm³/mol. The van der Waals surface area contributed by atoms with Crippen LogP contribution in [-0.4, -0.2) is 11.9 Å². The molecule has 2 aromatic carbocycles. The molecule has 1 unspecified atom stereocenters. The molecule has 106 valence electrons. The van der Waals surface area contributed by atoms with Gasteiger partial charge < -0.3 is 5.73 Å². The average Bonchev–Trinajstić information content (AvgIpc) is 2.42. The van der Waals surface area contributed by atoms with E-state index >= 15 is 0 Å². The molecule has 2 rings (SSSR count). The predicted octanol–water partition coefficient (Wildman–Crippen LogP) is 4.36. The quantitative estimate of drug-likeness (QED) is 0.840. The van der Waals surface area contributed by atoms with Crippen LogP contribution in [0.3, 0.4) is 0 Å². The summed E-state index contributed by atoms with van der Waals surface area (Å²) in [6.45, 7) is 2.88. The lowest BCUT2D eigenvalue weighted by Crippen LogP contribution is -2.22. The second kappa shape index (κ2) is 6.37. The maximum Gasteiger partial charge on any atom is 0.137 e. The molecule has 0 aromatic heterocycles. The normalized spacial score (nSPS) is 12.7. The number of nitrogen functional groups attached to an aromatic ring is 1. The van der Waals surface area contributed by atoms with Gasteiger partial charge in [0, 0.05) is 18.3 Å². The van der Waals surface area contributed by atoms with Crippen LogP contribution in [0, 0.1) is 5.82 Å². The third kappa shape index (κ3) is 3.58. The Kier molecular flexibility index (Phi) is 4.78. The summed E-state index contributed by atoms with van der Waals surface area (Å²) in [5, 5.41) is 0. The van der Waals surface area contributed by atoms with Gasteiger partial charge in [-0.25, -0.2) is 4.39 Å². The maximum absolute atomic E-state index is 13.2. The molecule has 2 aromatic rings. The smallest absolute Gasteiger partial charge is 0.137 e. The monoisotopic (exact) mass is 336 g/mol. The van der Waals surface area contributed by atoms with Crippen molar-refractivity contribution >= 4 is 21.6 Å². The van der Waals surface area contributed by atoms with Gasteiger partial charge in [-0.05, 0) is 65.3 Å². The third-order valence-corrected chi connectivity index (χ3v) is 4.08. The van der Waals surface area contributed by atoms with E-state index in [1.165, 1.54) is 11.6 Å². The molecule has 0 saturated carbocycles. The Labute approximate surface area is 127 Å². The summed E-state index contributed by atoms with van der Waals surface area (Å²) in [4.78, 5) is 2.20. The largest absolute Gasteiger partial charge is 0.399 e. The lowest BCUT2D eigenvalue weighted by Gasteiger charge is -2.25. The Morgan fingerprint density at radius 3 is 2.65 bits per heavy atom. The number of nitrogens with two attached hydrogens (primary N) is 1. The molecule has 1 atom stereocenters. The van der Waals surface area contributed by atoms with Crippen LogP contribution in [0.4, 0.5) is 10.1 Å². The van der Waals surface area contributed by atoms with Crippen LogP contribution >= 0.6 is 15.9 Å². The van der Waals surface area contributed by atoms with E-state index < -0.39 is 0 Å². The van der Waals surface area contributed by atoms with Crippen LogP contribution in [0.2, 0.25) is 0 Å². The van der Waals surface area contributed by atoms with Crippen molar-refractivity contribution in [1.82, 2.24) is 4.90 Å². The first-order valence-corrected chi connectivity index (χ1v) is 7.26. The van der Waals surface area contributed by atoms with E-state index in [0.29, 0.717) is 4.47 Å². The van der Waals surface area contributed by atoms with Crippen molar-refractivity contribution in [3.05, 3.63) is 63.9 Å². The van der Waals surface area contributed by atoms with E-state index in [9.17, 15) is 4.39 Å². The topological polar surface area (TPSA) is 29.3 Å². The van der Waals surface area contributed by atoms with Gasteiger partial charge in [0.1, 0.15) is 5.82 Å². The van der Waals surface area contributed by atoms with Gasteiger partial charge in [-0.3, -0.25) is 4.90 Å². The summed E-state index contributed by atoms with van der Waals surface area (Å²) < 4.78 is 13.7. The summed E-state index contributed by atoms with van der Waals surface area (Å²) in [7, 11) is 2.05. The molecule has 0 heterocycles. The molecule has 0 fully saturated rings. The van der Waals surface area contributed by atoms with Crippen molar-refractivity contribution in [3.63, 3.8) is 0 Å². The molecule has 0 bridgehead atoms. The van der Waals surface area contributed by atoms with E-state index in [-0.39, 0.29) is 11.9 Å². The first kappa shape index (κ1) is 15.0. The molecule has 2 N–H and O–H groups in total. The van der Waals surface area contributed by atoms with Crippen molar-refractivity contribution in [1.29, 1.82) is 0 Å². The number of hydrogen-bond donors (Lipinski definition) is 1. The van der Waals surface area contributed by atoms with E-state index in [4.69, 9.17) is 5.73 Å². The maximum atomic E-state index is 13.2. The van der Waals surface area contributed by atoms with Crippen LogP contribution in [0.1, 0.15) is 24.1 Å². The molecule has 0 aliphatic heterocycles. The van der Waals surface area contributed by atoms with Crippen molar-refractivity contribution < 1.29 is 4.39 Å². The fourth-order valence-corrected chi connectivity index (χ4v) is 2.56. The van der Waals surface area contributed by atoms with Crippen molar-refractivity contribution in [3.8, 4) is 0 Å². The summed E-state index contributed by atoms with van der Waals surface area (Å²) in [6.07, 6.45) is 0. The molecule has 2 nitrogen and oxygen atoms in total. The van der Waals surface area contributed by atoms with Crippen molar-refractivity contribution in [2.24, 2.45) is 0 Å². The molecule has 0 spiro atoms. The minimum Gasteiger partial charge on any atom is -0.399 e. The zero-order valence-electron chi connectivity index (χ0n) is 11.6. The Morgan fingerprint density at radius 2 is 2.00 bits per heavy atom. The van der Waals surface area contributed by atoms with E-state index in [2.05, 4.69) is 33.8 Å². The number of nitrogens with zero attached hydrogens (tertiary/aromatic N) is 1. The van der Waals surface area contributed by atoms with Crippen LogP contribution in [0.15, 0.2) is 46.9 Å². The highest BCUT2D eigenvalue weighted by molar-refractivity contribution is 9.10. The molecule has 0 radical (unpaired) electrons. The van der Waals surface area contributed by atoms with Gasteiger partial charge in [-0.1, -0.05) is 18.2 Å². The minimum absolute atomic E-state index is 0.236. The van der Waals surface area contributed by atoms with Crippen molar-refractivity contribution in [2.45, 2.75) is 19.5 Å². The highest BCUT2D eigenvalue weighted by Gasteiger charge is 2.12. The summed E-state index contributed by atoms with van der Waals surface area (Å²) in [5.41, 5.74) is 8.83. The summed E-state index contributed by atoms with van der Waals surface area (Å²) in [5.74, 6) is -0.236. The fourth-order valence-electron chi connectivity index (χ4n) is 2.14. The van der Waals surface area contributed by atoms with E-state index in [1.54, 1.807) is 0 Å². The van der Waals surface area contributed by atoms with Gasteiger partial charge in [-0.15, -0.1) is 0 Å². The number of hydrogen-bond acceptors (Lipinski definition) is 2. The molecule has 0 amide bonds. The zero-order valence-corrected chi connectivity index (χ0v) is 13.2. The highest BCUT2D eigenvalue weighted by Crippen LogP contribution is 2.24. The van der Waals surface area contributed by atoms with Gasteiger partial charge in [0.2, 0.25) is 0 Å². The van der Waals surface area contributed by atoms with Crippen LogP contribution in [0.5, 0.6) is 0 Å². The van der Waals surface area contributed by atoms with E-state index in [0.717, 1.165) is 17.8 Å². The molecule has 20 heavy (non-hydrogen) atoms. The average molecular weight is 337 g/mol. The SMILES string of the molecule is CC(c1cccc(N)c1)N(C)Cc1ccc(F)c(Br)c1. The Balaban J connectivity index is 2.11. The molecular formula is C16H18BrFN2. The van der Waals surface area contributed by atoms with Gasteiger partial charge in [0.15, 0.2) is 0 Å². The molecule has 0 aliphatic carbocycles. The van der Waals surface area contributed by atoms with Gasteiger partial charge in [0.25, 0.3) is 0 Å². The Bertz CT molecular complexity index is 601. The zero-order chi connectivity index (χ0) is 14.7. The molecular weight excluding hydrogens is 319 g/mol. The number of anilines is 1. The third-order valence-electron chi connectivity index (χ3n) is 3.47. The summed E-state index contributed by atoms with van der Waals surface area (Å²) >= 11 is 3.22. The van der Waals surface area contributed by atoms with Gasteiger partial charge in [0.05, 0.1) is 4.47 Å². The summed E-state index contributed by atoms with van der Waals surface area (Å²) in [6, 6.07) is 13.2. The molecule has 0 aliphatic rings. The van der Waals surface area contributed by atoms with Crippen molar-refractivity contribution in [2.75, 3.05) is 12.8 Å². The lowest BCUT2D eigenvalue weighted by molar-refractivity contribution is 0.253. The first-order valence-electron chi connectivity index (χ1n) is 6.47. The lowest BCUT2D eigenvalue weighted by atomic mass is 10.1. The van der Waals surface area contributed by atoms with Crippen LogP contribution in [0.25, 0.3) is 0 Å². The van der Waals surface area contributed by atoms with Gasteiger partial charge in [-0.2, -0.15) is 0 Å². The number of halogens is 2. The second-order valence-corrected chi connectivity index (χ2v) is 5.86. The number of benzene rings is 2. The highest BCUT2D eigenvalue weighted by atomic mass is 79.9. The standard InChI is InChI=1S/C16H18BrFN2/c1-11(13-4-3-5-14(19)9-13)20(2)10-12-6-7-16(18)15(17)8-12/h3-9,11H,10,19H2,1-2H3.